The molecule has 6 heteroatoms. The van der Waals surface area contributed by atoms with Gasteiger partial charge in [0, 0.05) is 6.20 Å². The van der Waals surface area contributed by atoms with Gasteiger partial charge in [-0.3, -0.25) is 9.48 Å². The molecule has 0 aliphatic heterocycles. The van der Waals surface area contributed by atoms with Crippen LogP contribution in [0.2, 0.25) is 0 Å². The van der Waals surface area contributed by atoms with Crippen LogP contribution < -0.4 is 10.6 Å². The van der Waals surface area contributed by atoms with Crippen LogP contribution in [0.4, 0.5) is 11.4 Å². The number of amides is 1. The van der Waals surface area contributed by atoms with E-state index in [4.69, 9.17) is 5.26 Å². The maximum atomic E-state index is 12.3. The molecular formula is C17H21N5O. The fourth-order valence-corrected chi connectivity index (χ4v) is 2.01. The zero-order chi connectivity index (χ0) is 17.0. The van der Waals surface area contributed by atoms with Crippen molar-refractivity contribution in [2.24, 2.45) is 0 Å². The molecule has 120 valence electrons. The summed E-state index contributed by atoms with van der Waals surface area (Å²) in [6, 6.07) is 8.52. The summed E-state index contributed by atoms with van der Waals surface area (Å²) < 4.78 is 1.84. The van der Waals surface area contributed by atoms with E-state index in [1.807, 2.05) is 10.9 Å². The second kappa shape index (κ2) is 6.53. The Morgan fingerprint density at radius 3 is 2.65 bits per heavy atom. The molecule has 1 unspecified atom stereocenters. The summed E-state index contributed by atoms with van der Waals surface area (Å²) in [5.74, 6) is -0.212. The van der Waals surface area contributed by atoms with Crippen LogP contribution in [-0.4, -0.2) is 21.7 Å². The molecule has 6 nitrogen and oxygen atoms in total. The van der Waals surface area contributed by atoms with E-state index in [2.05, 4.69) is 42.6 Å². The Morgan fingerprint density at radius 2 is 2.04 bits per heavy atom. The molecule has 0 aliphatic carbocycles. The van der Waals surface area contributed by atoms with E-state index >= 15 is 0 Å². The summed E-state index contributed by atoms with van der Waals surface area (Å²) in [6.07, 6.45) is 3.56. The number of para-hydroxylation sites is 1. The third kappa shape index (κ3) is 4.10. The number of aromatic nitrogens is 2. The van der Waals surface area contributed by atoms with Crippen LogP contribution in [0, 0.1) is 11.3 Å². The first-order valence-corrected chi connectivity index (χ1v) is 7.43. The van der Waals surface area contributed by atoms with Crippen molar-refractivity contribution in [3.63, 3.8) is 0 Å². The fraction of sp³-hybridized carbons (Fsp3) is 0.353. The Kier molecular flexibility index (Phi) is 4.70. The molecule has 2 rings (SSSR count). The van der Waals surface area contributed by atoms with E-state index in [9.17, 15) is 4.79 Å². The zero-order valence-electron chi connectivity index (χ0n) is 13.8. The lowest BCUT2D eigenvalue weighted by molar-refractivity contribution is -0.116. The zero-order valence-corrected chi connectivity index (χ0v) is 13.8. The molecule has 1 heterocycles. The van der Waals surface area contributed by atoms with Crippen LogP contribution in [0.25, 0.3) is 0 Å². The number of carbonyl (C=O) groups is 1. The predicted octanol–water partition coefficient (Wildman–Crippen LogP) is 2.95. The van der Waals surface area contributed by atoms with Crippen molar-refractivity contribution in [2.45, 2.75) is 39.3 Å². The molecule has 0 bridgehead atoms. The van der Waals surface area contributed by atoms with E-state index < -0.39 is 6.04 Å². The van der Waals surface area contributed by atoms with E-state index in [0.717, 1.165) is 5.69 Å². The molecular weight excluding hydrogens is 290 g/mol. The quantitative estimate of drug-likeness (QED) is 0.909. The number of nitrogens with zero attached hydrogens (tertiary/aromatic N) is 3. The molecule has 1 aromatic carbocycles. The molecule has 0 saturated heterocycles. The first-order chi connectivity index (χ1) is 10.8. The van der Waals surface area contributed by atoms with E-state index in [1.165, 1.54) is 0 Å². The van der Waals surface area contributed by atoms with Gasteiger partial charge in [0.2, 0.25) is 5.91 Å². The lowest BCUT2D eigenvalue weighted by Crippen LogP contribution is -2.32. The van der Waals surface area contributed by atoms with Crippen molar-refractivity contribution < 1.29 is 4.79 Å². The van der Waals surface area contributed by atoms with Gasteiger partial charge in [0.25, 0.3) is 0 Å². The summed E-state index contributed by atoms with van der Waals surface area (Å²) in [6.45, 7) is 7.93. The van der Waals surface area contributed by atoms with Gasteiger partial charge < -0.3 is 10.6 Å². The minimum absolute atomic E-state index is 0.114. The molecule has 0 fully saturated rings. The number of benzene rings is 1. The Hall–Kier alpha value is -2.81. The van der Waals surface area contributed by atoms with Crippen molar-refractivity contribution in [1.82, 2.24) is 9.78 Å². The van der Waals surface area contributed by atoms with Gasteiger partial charge in [-0.05, 0) is 39.8 Å². The topological polar surface area (TPSA) is 82.7 Å². The van der Waals surface area contributed by atoms with Crippen molar-refractivity contribution >= 4 is 17.3 Å². The average molecular weight is 311 g/mol. The molecule has 2 N–H and O–H groups in total. The van der Waals surface area contributed by atoms with Crippen molar-refractivity contribution in [3.05, 3.63) is 42.2 Å². The molecule has 0 saturated carbocycles. The Labute approximate surface area is 136 Å². The maximum absolute atomic E-state index is 12.3. The van der Waals surface area contributed by atoms with Crippen LogP contribution in [0.15, 0.2) is 36.7 Å². The number of nitrogens with one attached hydrogen (secondary N) is 2. The smallest absolute Gasteiger partial charge is 0.246 e. The number of rotatable bonds is 4. The summed E-state index contributed by atoms with van der Waals surface area (Å²) in [7, 11) is 0. The van der Waals surface area contributed by atoms with Crippen LogP contribution in [0.5, 0.6) is 0 Å². The summed E-state index contributed by atoms with van der Waals surface area (Å²) in [5, 5.41) is 19.2. The molecule has 1 atom stereocenters. The molecule has 1 aromatic heterocycles. The Morgan fingerprint density at radius 1 is 1.35 bits per heavy atom. The molecule has 23 heavy (non-hydrogen) atoms. The number of hydrogen-bond acceptors (Lipinski definition) is 4. The fourth-order valence-electron chi connectivity index (χ4n) is 2.01. The minimum Gasteiger partial charge on any atom is -0.371 e. The first-order valence-electron chi connectivity index (χ1n) is 7.43. The van der Waals surface area contributed by atoms with E-state index in [-0.39, 0.29) is 11.4 Å². The second-order valence-electron chi connectivity index (χ2n) is 6.36. The Balaban J connectivity index is 2.03. The van der Waals surface area contributed by atoms with Crippen LogP contribution >= 0.6 is 0 Å². The van der Waals surface area contributed by atoms with Crippen molar-refractivity contribution in [1.29, 1.82) is 5.26 Å². The van der Waals surface area contributed by atoms with Crippen LogP contribution in [-0.2, 0) is 10.3 Å². The van der Waals surface area contributed by atoms with Gasteiger partial charge in [0.1, 0.15) is 12.1 Å². The van der Waals surface area contributed by atoms with Gasteiger partial charge in [-0.25, -0.2) is 0 Å². The number of nitriles is 1. The highest BCUT2D eigenvalue weighted by atomic mass is 16.2. The van der Waals surface area contributed by atoms with Crippen LogP contribution in [0.3, 0.4) is 0 Å². The van der Waals surface area contributed by atoms with Gasteiger partial charge in [-0.15, -0.1) is 0 Å². The van der Waals surface area contributed by atoms with Gasteiger partial charge in [0.05, 0.1) is 28.7 Å². The highest BCUT2D eigenvalue weighted by molar-refractivity contribution is 5.97. The van der Waals surface area contributed by atoms with Gasteiger partial charge >= 0.3 is 0 Å². The predicted molar refractivity (Wildman–Crippen MR) is 90.1 cm³/mol. The van der Waals surface area contributed by atoms with E-state index in [1.54, 1.807) is 37.4 Å². The third-order valence-corrected chi connectivity index (χ3v) is 3.35. The van der Waals surface area contributed by atoms with Crippen molar-refractivity contribution in [2.75, 3.05) is 10.6 Å². The first kappa shape index (κ1) is 16.6. The van der Waals surface area contributed by atoms with Gasteiger partial charge in [-0.2, -0.15) is 10.4 Å². The SMILES string of the molecule is CC(Nc1cnn(C(C)(C)C)c1)C(=O)Nc1ccccc1C#N. The average Bonchev–Trinajstić information content (AvgIpc) is 2.96. The lowest BCUT2D eigenvalue weighted by Gasteiger charge is -2.19. The molecule has 1 amide bonds. The minimum atomic E-state index is -0.459. The van der Waals surface area contributed by atoms with Crippen LogP contribution in [0.1, 0.15) is 33.3 Å². The molecule has 0 spiro atoms. The largest absolute Gasteiger partial charge is 0.371 e. The number of anilines is 2. The lowest BCUT2D eigenvalue weighted by atomic mass is 10.1. The third-order valence-electron chi connectivity index (χ3n) is 3.35. The molecule has 0 aliphatic rings. The highest BCUT2D eigenvalue weighted by Gasteiger charge is 2.17. The summed E-state index contributed by atoms with van der Waals surface area (Å²) in [4.78, 5) is 12.3. The Bertz CT molecular complexity index is 736. The highest BCUT2D eigenvalue weighted by Crippen LogP contribution is 2.17. The monoisotopic (exact) mass is 311 g/mol. The van der Waals surface area contributed by atoms with Crippen molar-refractivity contribution in [3.8, 4) is 6.07 Å². The number of carbonyl (C=O) groups excluding carboxylic acids is 1. The maximum Gasteiger partial charge on any atom is 0.246 e. The second-order valence-corrected chi connectivity index (χ2v) is 6.36. The summed E-state index contributed by atoms with van der Waals surface area (Å²) in [5.41, 5.74) is 1.61. The standard InChI is InChI=1S/C17H21N5O/c1-12(20-14-10-19-22(11-14)17(2,3)4)16(23)21-15-8-6-5-7-13(15)9-18/h5-8,10-12,20H,1-4H3,(H,21,23). The van der Waals surface area contributed by atoms with E-state index in [0.29, 0.717) is 11.3 Å². The summed E-state index contributed by atoms with van der Waals surface area (Å²) >= 11 is 0. The van der Waals surface area contributed by atoms with Gasteiger partial charge in [-0.1, -0.05) is 12.1 Å². The normalized spacial score (nSPS) is 12.3. The molecule has 0 radical (unpaired) electrons. The number of hydrogen-bond donors (Lipinski definition) is 2. The van der Waals surface area contributed by atoms with Gasteiger partial charge in [0.15, 0.2) is 0 Å². The molecule has 2 aromatic rings.